The Bertz CT molecular complexity index is 588. The summed E-state index contributed by atoms with van der Waals surface area (Å²) in [5.74, 6) is 0.167. The Balaban J connectivity index is 0.00000176. The topological polar surface area (TPSA) is 46.3 Å². The van der Waals surface area contributed by atoms with Crippen molar-refractivity contribution in [1.29, 1.82) is 0 Å². The lowest BCUT2D eigenvalue weighted by Gasteiger charge is -2.25. The standard InChI is InChI=1S/C17H20N2OS.ClH/c18-15(13-5-2-1-3-6-13)11-17(20)19-9-4-7-16(19)14-8-10-21-12-14;/h1-3,5-6,8,10,12,15-16H,4,7,9,11,18H2;1H. The second kappa shape index (κ2) is 7.77. The van der Waals surface area contributed by atoms with Gasteiger partial charge in [-0.15, -0.1) is 12.4 Å². The van der Waals surface area contributed by atoms with Crippen LogP contribution in [0, 0.1) is 0 Å². The molecule has 1 aromatic carbocycles. The highest BCUT2D eigenvalue weighted by molar-refractivity contribution is 7.07. The third-order valence-electron chi connectivity index (χ3n) is 4.12. The normalized spacial score (nSPS) is 18.8. The van der Waals surface area contributed by atoms with Gasteiger partial charge < -0.3 is 10.6 Å². The van der Waals surface area contributed by atoms with Gasteiger partial charge in [-0.3, -0.25) is 4.79 Å². The van der Waals surface area contributed by atoms with Crippen molar-refractivity contribution in [2.45, 2.75) is 31.3 Å². The molecule has 2 atom stereocenters. The van der Waals surface area contributed by atoms with Crippen molar-refractivity contribution in [3.8, 4) is 0 Å². The van der Waals surface area contributed by atoms with Gasteiger partial charge in [-0.25, -0.2) is 0 Å². The molecule has 0 saturated carbocycles. The van der Waals surface area contributed by atoms with Gasteiger partial charge in [0.1, 0.15) is 0 Å². The largest absolute Gasteiger partial charge is 0.336 e. The van der Waals surface area contributed by atoms with Crippen molar-refractivity contribution in [2.24, 2.45) is 5.73 Å². The first kappa shape index (κ1) is 17.0. The molecule has 1 aliphatic rings. The number of nitrogens with zero attached hydrogens (tertiary/aromatic N) is 1. The summed E-state index contributed by atoms with van der Waals surface area (Å²) in [4.78, 5) is 14.6. The number of halogens is 1. The minimum atomic E-state index is -0.220. The van der Waals surface area contributed by atoms with Crippen molar-refractivity contribution in [3.05, 3.63) is 58.3 Å². The van der Waals surface area contributed by atoms with Crippen molar-refractivity contribution in [2.75, 3.05) is 6.54 Å². The Hall–Kier alpha value is -1.36. The molecule has 0 bridgehead atoms. The highest BCUT2D eigenvalue weighted by Gasteiger charge is 2.30. The van der Waals surface area contributed by atoms with Crippen LogP contribution in [0.3, 0.4) is 0 Å². The van der Waals surface area contributed by atoms with Crippen LogP contribution in [-0.4, -0.2) is 17.4 Å². The van der Waals surface area contributed by atoms with Gasteiger partial charge in [-0.2, -0.15) is 11.3 Å². The minimum Gasteiger partial charge on any atom is -0.336 e. The summed E-state index contributed by atoms with van der Waals surface area (Å²) in [6.45, 7) is 0.848. The Morgan fingerprint density at radius 2 is 2.09 bits per heavy atom. The molecule has 2 unspecified atom stereocenters. The predicted molar refractivity (Wildman–Crippen MR) is 93.2 cm³/mol. The summed E-state index contributed by atoms with van der Waals surface area (Å²) in [6, 6.07) is 12.0. The zero-order valence-electron chi connectivity index (χ0n) is 12.4. The van der Waals surface area contributed by atoms with Crippen LogP contribution in [0.1, 0.15) is 42.5 Å². The number of likely N-dealkylation sites (tertiary alicyclic amines) is 1. The van der Waals surface area contributed by atoms with E-state index in [1.165, 1.54) is 5.56 Å². The molecule has 2 N–H and O–H groups in total. The Labute approximate surface area is 141 Å². The number of carbonyl (C=O) groups excluding carboxylic acids is 1. The molecule has 5 heteroatoms. The van der Waals surface area contributed by atoms with E-state index < -0.39 is 0 Å². The van der Waals surface area contributed by atoms with Crippen LogP contribution >= 0.6 is 23.7 Å². The summed E-state index contributed by atoms with van der Waals surface area (Å²) in [5, 5.41) is 4.22. The molecule has 1 saturated heterocycles. The molecule has 3 rings (SSSR count). The fourth-order valence-electron chi connectivity index (χ4n) is 3.00. The quantitative estimate of drug-likeness (QED) is 0.919. The maximum Gasteiger partial charge on any atom is 0.224 e. The van der Waals surface area contributed by atoms with E-state index in [1.54, 1.807) is 11.3 Å². The van der Waals surface area contributed by atoms with Crippen LogP contribution in [0.25, 0.3) is 0 Å². The fraction of sp³-hybridized carbons (Fsp3) is 0.353. The number of carbonyl (C=O) groups is 1. The number of nitrogens with two attached hydrogens (primary N) is 1. The van der Waals surface area contributed by atoms with Gasteiger partial charge >= 0.3 is 0 Å². The SMILES string of the molecule is Cl.NC(CC(=O)N1CCCC1c1ccsc1)c1ccccc1. The van der Waals surface area contributed by atoms with Crippen molar-refractivity contribution < 1.29 is 4.79 Å². The van der Waals surface area contributed by atoms with Gasteiger partial charge in [0, 0.05) is 19.0 Å². The average molecular weight is 337 g/mol. The summed E-state index contributed by atoms with van der Waals surface area (Å²) in [6.07, 6.45) is 2.51. The summed E-state index contributed by atoms with van der Waals surface area (Å²) < 4.78 is 0. The lowest BCUT2D eigenvalue weighted by Crippen LogP contribution is -2.32. The third kappa shape index (κ3) is 3.69. The second-order valence-corrected chi connectivity index (χ2v) is 6.30. The lowest BCUT2D eigenvalue weighted by atomic mass is 10.0. The summed E-state index contributed by atoms with van der Waals surface area (Å²) in [5.41, 5.74) is 8.47. The van der Waals surface area contributed by atoms with Gasteiger partial charge in [-0.05, 0) is 40.8 Å². The van der Waals surface area contributed by atoms with Crippen LogP contribution in [0.4, 0.5) is 0 Å². The monoisotopic (exact) mass is 336 g/mol. The Morgan fingerprint density at radius 3 is 2.77 bits per heavy atom. The molecule has 1 aliphatic heterocycles. The van der Waals surface area contributed by atoms with Crippen LogP contribution in [-0.2, 0) is 4.79 Å². The average Bonchev–Trinajstić information content (AvgIpc) is 3.18. The molecule has 1 fully saturated rings. The van der Waals surface area contributed by atoms with Gasteiger partial charge in [0.05, 0.1) is 6.04 Å². The first-order chi connectivity index (χ1) is 10.3. The highest BCUT2D eigenvalue weighted by Crippen LogP contribution is 2.34. The van der Waals surface area contributed by atoms with E-state index in [1.807, 2.05) is 35.2 Å². The van der Waals surface area contributed by atoms with Crippen LogP contribution in [0.15, 0.2) is 47.2 Å². The Morgan fingerprint density at radius 1 is 1.32 bits per heavy atom. The first-order valence-electron chi connectivity index (χ1n) is 7.38. The maximum absolute atomic E-state index is 12.6. The van der Waals surface area contributed by atoms with Crippen molar-refractivity contribution in [3.63, 3.8) is 0 Å². The molecule has 2 heterocycles. The molecular formula is C17H21ClN2OS. The number of benzene rings is 1. The molecule has 0 radical (unpaired) electrons. The molecule has 2 aromatic rings. The lowest BCUT2D eigenvalue weighted by molar-refractivity contribution is -0.132. The van der Waals surface area contributed by atoms with E-state index in [9.17, 15) is 4.79 Å². The first-order valence-corrected chi connectivity index (χ1v) is 8.32. The molecule has 22 heavy (non-hydrogen) atoms. The van der Waals surface area contributed by atoms with E-state index in [4.69, 9.17) is 5.73 Å². The van der Waals surface area contributed by atoms with Crippen LogP contribution in [0.5, 0.6) is 0 Å². The molecule has 1 amide bonds. The van der Waals surface area contributed by atoms with Crippen LogP contribution in [0.2, 0.25) is 0 Å². The van der Waals surface area contributed by atoms with Gasteiger partial charge in [0.15, 0.2) is 0 Å². The summed E-state index contributed by atoms with van der Waals surface area (Å²) in [7, 11) is 0. The molecule has 0 spiro atoms. The van der Waals surface area contributed by atoms with Gasteiger partial charge in [0.2, 0.25) is 5.91 Å². The van der Waals surface area contributed by atoms with E-state index in [-0.39, 0.29) is 30.4 Å². The Kier molecular flexibility index (Phi) is 6.00. The molecule has 0 aliphatic carbocycles. The van der Waals surface area contributed by atoms with Crippen LogP contribution < -0.4 is 5.73 Å². The molecule has 118 valence electrons. The van der Waals surface area contributed by atoms with Crippen molar-refractivity contribution in [1.82, 2.24) is 4.90 Å². The molecular weight excluding hydrogens is 316 g/mol. The van der Waals surface area contributed by atoms with E-state index >= 15 is 0 Å². The van der Waals surface area contributed by atoms with E-state index in [0.29, 0.717) is 6.42 Å². The zero-order chi connectivity index (χ0) is 14.7. The van der Waals surface area contributed by atoms with Crippen molar-refractivity contribution >= 4 is 29.7 Å². The highest BCUT2D eigenvalue weighted by atomic mass is 35.5. The number of hydrogen-bond acceptors (Lipinski definition) is 3. The fourth-order valence-corrected chi connectivity index (χ4v) is 3.71. The summed E-state index contributed by atoms with van der Waals surface area (Å²) >= 11 is 1.69. The number of rotatable bonds is 4. The van der Waals surface area contributed by atoms with E-state index in [2.05, 4.69) is 16.8 Å². The maximum atomic E-state index is 12.6. The minimum absolute atomic E-state index is 0. The smallest absolute Gasteiger partial charge is 0.224 e. The third-order valence-corrected chi connectivity index (χ3v) is 4.82. The zero-order valence-corrected chi connectivity index (χ0v) is 14.0. The predicted octanol–water partition coefficient (Wildman–Crippen LogP) is 3.92. The number of amides is 1. The van der Waals surface area contributed by atoms with Gasteiger partial charge in [-0.1, -0.05) is 30.3 Å². The number of hydrogen-bond donors (Lipinski definition) is 1. The van der Waals surface area contributed by atoms with Gasteiger partial charge in [0.25, 0.3) is 0 Å². The molecule has 3 nitrogen and oxygen atoms in total. The second-order valence-electron chi connectivity index (χ2n) is 5.52. The van der Waals surface area contributed by atoms with E-state index in [0.717, 1.165) is 24.9 Å². The number of thiophene rings is 1. The molecule has 1 aromatic heterocycles.